The van der Waals surface area contributed by atoms with Crippen LogP contribution in [0.1, 0.15) is 22.3 Å². The maximum absolute atomic E-state index is 12.1. The van der Waals surface area contributed by atoms with Gasteiger partial charge >= 0.3 is 0 Å². The SMILES string of the molecule is CN(C)C(=O)CCc1ccc(NC(=O)c2cccc(Cl)c2)cc1. The van der Waals surface area contributed by atoms with Crippen LogP contribution in [0.25, 0.3) is 0 Å². The third-order valence-corrected chi connectivity index (χ3v) is 3.66. The Hall–Kier alpha value is -2.33. The molecule has 5 heteroatoms. The van der Waals surface area contributed by atoms with Crippen molar-refractivity contribution in [3.05, 3.63) is 64.7 Å². The van der Waals surface area contributed by atoms with E-state index in [0.717, 1.165) is 5.56 Å². The van der Waals surface area contributed by atoms with Crippen LogP contribution >= 0.6 is 11.6 Å². The first-order chi connectivity index (χ1) is 11.0. The zero-order valence-electron chi connectivity index (χ0n) is 13.2. The Morgan fingerprint density at radius 1 is 1.09 bits per heavy atom. The first-order valence-corrected chi connectivity index (χ1v) is 7.69. The zero-order chi connectivity index (χ0) is 16.8. The van der Waals surface area contributed by atoms with Crippen LogP contribution in [0.4, 0.5) is 5.69 Å². The Morgan fingerprint density at radius 2 is 1.78 bits per heavy atom. The van der Waals surface area contributed by atoms with Gasteiger partial charge in [0.2, 0.25) is 5.91 Å². The monoisotopic (exact) mass is 330 g/mol. The first kappa shape index (κ1) is 17.0. The number of hydrogen-bond acceptors (Lipinski definition) is 2. The van der Waals surface area contributed by atoms with Crippen LogP contribution in [-0.2, 0) is 11.2 Å². The van der Waals surface area contributed by atoms with Gasteiger partial charge in [0.05, 0.1) is 0 Å². The molecular weight excluding hydrogens is 312 g/mol. The van der Waals surface area contributed by atoms with Gasteiger partial charge in [-0.25, -0.2) is 0 Å². The van der Waals surface area contributed by atoms with Crippen molar-refractivity contribution in [3.8, 4) is 0 Å². The Labute approximate surface area is 141 Å². The summed E-state index contributed by atoms with van der Waals surface area (Å²) < 4.78 is 0. The minimum Gasteiger partial charge on any atom is -0.349 e. The summed E-state index contributed by atoms with van der Waals surface area (Å²) in [5, 5.41) is 3.35. The predicted molar refractivity (Wildman–Crippen MR) is 92.9 cm³/mol. The fraction of sp³-hybridized carbons (Fsp3) is 0.222. The fourth-order valence-corrected chi connectivity index (χ4v) is 2.25. The van der Waals surface area contributed by atoms with Crippen LogP contribution in [0.15, 0.2) is 48.5 Å². The molecule has 0 bridgehead atoms. The van der Waals surface area contributed by atoms with E-state index in [4.69, 9.17) is 11.6 Å². The highest BCUT2D eigenvalue weighted by Crippen LogP contribution is 2.15. The average molecular weight is 331 g/mol. The van der Waals surface area contributed by atoms with Gasteiger partial charge in [-0.15, -0.1) is 0 Å². The lowest BCUT2D eigenvalue weighted by Crippen LogP contribution is -2.21. The van der Waals surface area contributed by atoms with Crippen molar-refractivity contribution in [2.45, 2.75) is 12.8 Å². The lowest BCUT2D eigenvalue weighted by atomic mass is 10.1. The maximum atomic E-state index is 12.1. The molecule has 0 aromatic heterocycles. The maximum Gasteiger partial charge on any atom is 0.255 e. The number of aryl methyl sites for hydroxylation is 1. The second kappa shape index (κ2) is 7.79. The molecule has 0 atom stereocenters. The van der Waals surface area contributed by atoms with Gasteiger partial charge in [-0.3, -0.25) is 9.59 Å². The molecule has 2 rings (SSSR count). The van der Waals surface area contributed by atoms with Crippen LogP contribution in [0, 0.1) is 0 Å². The Morgan fingerprint density at radius 3 is 2.39 bits per heavy atom. The van der Waals surface area contributed by atoms with Gasteiger partial charge in [-0.1, -0.05) is 29.8 Å². The van der Waals surface area contributed by atoms with Gasteiger partial charge < -0.3 is 10.2 Å². The third-order valence-electron chi connectivity index (χ3n) is 3.42. The van der Waals surface area contributed by atoms with Gasteiger partial charge in [-0.2, -0.15) is 0 Å². The van der Waals surface area contributed by atoms with E-state index in [1.165, 1.54) is 0 Å². The summed E-state index contributed by atoms with van der Waals surface area (Å²) in [6, 6.07) is 14.3. The fourth-order valence-electron chi connectivity index (χ4n) is 2.06. The number of anilines is 1. The van der Waals surface area contributed by atoms with Crippen molar-refractivity contribution < 1.29 is 9.59 Å². The van der Waals surface area contributed by atoms with Crippen molar-refractivity contribution in [3.63, 3.8) is 0 Å². The van der Waals surface area contributed by atoms with Crippen molar-refractivity contribution in [2.75, 3.05) is 19.4 Å². The van der Waals surface area contributed by atoms with E-state index in [2.05, 4.69) is 5.32 Å². The van der Waals surface area contributed by atoms with E-state index in [9.17, 15) is 9.59 Å². The molecule has 0 saturated heterocycles. The van der Waals surface area contributed by atoms with Crippen molar-refractivity contribution >= 4 is 29.1 Å². The largest absolute Gasteiger partial charge is 0.349 e. The summed E-state index contributed by atoms with van der Waals surface area (Å²) >= 11 is 5.88. The zero-order valence-corrected chi connectivity index (χ0v) is 13.9. The third kappa shape index (κ3) is 5.11. The molecule has 4 nitrogen and oxygen atoms in total. The molecule has 23 heavy (non-hydrogen) atoms. The first-order valence-electron chi connectivity index (χ1n) is 7.32. The minimum atomic E-state index is -0.206. The molecule has 0 saturated carbocycles. The van der Waals surface area contributed by atoms with E-state index in [-0.39, 0.29) is 11.8 Å². The van der Waals surface area contributed by atoms with Crippen LogP contribution in [0.3, 0.4) is 0 Å². The quantitative estimate of drug-likeness (QED) is 0.910. The average Bonchev–Trinajstić information content (AvgIpc) is 2.53. The normalized spacial score (nSPS) is 10.2. The molecule has 0 aliphatic heterocycles. The summed E-state index contributed by atoms with van der Waals surface area (Å²) in [6.45, 7) is 0. The molecule has 120 valence electrons. The van der Waals surface area contributed by atoms with Gasteiger partial charge in [0.25, 0.3) is 5.91 Å². The molecule has 0 aliphatic rings. The number of amides is 2. The highest BCUT2D eigenvalue weighted by Gasteiger charge is 2.07. The lowest BCUT2D eigenvalue weighted by molar-refractivity contribution is -0.128. The summed E-state index contributed by atoms with van der Waals surface area (Å²) in [6.07, 6.45) is 1.15. The number of rotatable bonds is 5. The summed E-state index contributed by atoms with van der Waals surface area (Å²) in [5.41, 5.74) is 2.27. The molecule has 0 radical (unpaired) electrons. The number of nitrogens with zero attached hydrogens (tertiary/aromatic N) is 1. The smallest absolute Gasteiger partial charge is 0.255 e. The summed E-state index contributed by atoms with van der Waals surface area (Å²) in [7, 11) is 3.49. The van der Waals surface area contributed by atoms with Gasteiger partial charge in [0.15, 0.2) is 0 Å². The Kier molecular flexibility index (Phi) is 5.77. The number of carbonyl (C=O) groups excluding carboxylic acids is 2. The number of halogens is 1. The van der Waals surface area contributed by atoms with E-state index in [1.54, 1.807) is 43.3 Å². The van der Waals surface area contributed by atoms with Crippen molar-refractivity contribution in [1.29, 1.82) is 0 Å². The van der Waals surface area contributed by atoms with Gasteiger partial charge in [0.1, 0.15) is 0 Å². The standard InChI is InChI=1S/C18H19ClN2O2/c1-21(2)17(22)11-8-13-6-9-16(10-7-13)20-18(23)14-4-3-5-15(19)12-14/h3-7,9-10,12H,8,11H2,1-2H3,(H,20,23). The molecule has 0 spiro atoms. The van der Waals surface area contributed by atoms with Crippen LogP contribution in [-0.4, -0.2) is 30.8 Å². The Balaban J connectivity index is 1.94. The minimum absolute atomic E-state index is 0.100. The number of nitrogens with one attached hydrogen (secondary N) is 1. The molecule has 0 aliphatic carbocycles. The van der Waals surface area contributed by atoms with E-state index in [1.807, 2.05) is 24.3 Å². The van der Waals surface area contributed by atoms with Crippen molar-refractivity contribution in [1.82, 2.24) is 4.90 Å². The number of carbonyl (C=O) groups is 2. The highest BCUT2D eigenvalue weighted by atomic mass is 35.5. The Bertz CT molecular complexity index is 696. The topological polar surface area (TPSA) is 49.4 Å². The molecule has 0 heterocycles. The number of hydrogen-bond donors (Lipinski definition) is 1. The summed E-state index contributed by atoms with van der Waals surface area (Å²) in [4.78, 5) is 25.3. The van der Waals surface area contributed by atoms with Crippen LogP contribution in [0.5, 0.6) is 0 Å². The molecule has 1 N–H and O–H groups in total. The molecule has 2 aromatic rings. The van der Waals surface area contributed by atoms with Crippen LogP contribution in [0.2, 0.25) is 5.02 Å². The lowest BCUT2D eigenvalue weighted by Gasteiger charge is -2.10. The van der Waals surface area contributed by atoms with Crippen molar-refractivity contribution in [2.24, 2.45) is 0 Å². The molecule has 2 aromatic carbocycles. The molecule has 0 fully saturated rings. The highest BCUT2D eigenvalue weighted by molar-refractivity contribution is 6.31. The predicted octanol–water partition coefficient (Wildman–Crippen LogP) is 3.61. The van der Waals surface area contributed by atoms with Gasteiger partial charge in [0, 0.05) is 36.8 Å². The van der Waals surface area contributed by atoms with E-state index < -0.39 is 0 Å². The van der Waals surface area contributed by atoms with E-state index in [0.29, 0.717) is 29.1 Å². The number of benzene rings is 2. The summed E-state index contributed by atoms with van der Waals surface area (Å²) in [5.74, 6) is -0.105. The van der Waals surface area contributed by atoms with Gasteiger partial charge in [-0.05, 0) is 42.3 Å². The second-order valence-electron chi connectivity index (χ2n) is 5.45. The molecule has 0 unspecified atom stereocenters. The van der Waals surface area contributed by atoms with Crippen LogP contribution < -0.4 is 5.32 Å². The second-order valence-corrected chi connectivity index (χ2v) is 5.89. The molecule has 2 amide bonds. The molecular formula is C18H19ClN2O2. The van der Waals surface area contributed by atoms with E-state index >= 15 is 0 Å².